The molecule has 40 heavy (non-hydrogen) atoms. The molecule has 1 saturated heterocycles. The Morgan fingerprint density at radius 3 is 2.60 bits per heavy atom. The van der Waals surface area contributed by atoms with Gasteiger partial charge in [0.25, 0.3) is 18.0 Å². The number of terminal acetylenes is 1. The summed E-state index contributed by atoms with van der Waals surface area (Å²) in [5.74, 6) is 2.63. The zero-order chi connectivity index (χ0) is 28.3. The van der Waals surface area contributed by atoms with Crippen LogP contribution in [-0.4, -0.2) is 46.1 Å². The highest BCUT2D eigenvalue weighted by Crippen LogP contribution is 2.36. The van der Waals surface area contributed by atoms with Gasteiger partial charge in [0.2, 0.25) is 0 Å². The second-order valence-corrected chi connectivity index (χ2v) is 10.4. The summed E-state index contributed by atoms with van der Waals surface area (Å²) in [5.41, 5.74) is 0.594. The van der Waals surface area contributed by atoms with Gasteiger partial charge in [-0.2, -0.15) is 10.1 Å². The quantitative estimate of drug-likeness (QED) is 0.183. The van der Waals surface area contributed by atoms with Gasteiger partial charge in [0.1, 0.15) is 35.1 Å². The number of oxime groups is 1. The molecule has 0 aliphatic carbocycles. The molecule has 8 nitrogen and oxygen atoms in total. The molecular formula is C27H26F4N5O3S+. The lowest BCUT2D eigenvalue weighted by Gasteiger charge is -2.36. The number of likely N-dealkylation sites (tertiary alicyclic amines) is 1. The van der Waals surface area contributed by atoms with Crippen LogP contribution in [0, 0.1) is 12.3 Å². The summed E-state index contributed by atoms with van der Waals surface area (Å²) in [7, 11) is 0. The van der Waals surface area contributed by atoms with Crippen molar-refractivity contribution in [1.29, 1.82) is 0 Å². The fourth-order valence-electron chi connectivity index (χ4n) is 4.93. The molecule has 13 heteroatoms. The van der Waals surface area contributed by atoms with Gasteiger partial charge in [0.05, 0.1) is 13.1 Å². The molecule has 1 atom stereocenters. The van der Waals surface area contributed by atoms with E-state index in [4.69, 9.17) is 21.0 Å². The van der Waals surface area contributed by atoms with E-state index in [1.165, 1.54) is 11.3 Å². The van der Waals surface area contributed by atoms with Crippen molar-refractivity contribution in [2.45, 2.75) is 51.2 Å². The summed E-state index contributed by atoms with van der Waals surface area (Å²) < 4.78 is 59.3. The Balaban J connectivity index is 1.34. The number of rotatable bonds is 9. The summed E-state index contributed by atoms with van der Waals surface area (Å²) in [6, 6.07) is 7.99. The average molecular weight is 577 g/mol. The average Bonchev–Trinajstić information content (AvgIpc) is 3.72. The van der Waals surface area contributed by atoms with Crippen LogP contribution in [0.3, 0.4) is 0 Å². The zero-order valence-electron chi connectivity index (χ0n) is 21.3. The topological polar surface area (TPSA) is 78.6 Å². The molecule has 1 unspecified atom stereocenters. The lowest BCUT2D eigenvalue weighted by atomic mass is 10.0. The third kappa shape index (κ3) is 5.59. The maximum Gasteiger partial charge on any atom is 0.342 e. The summed E-state index contributed by atoms with van der Waals surface area (Å²) in [4.78, 5) is 24.1. The molecule has 0 saturated carbocycles. The van der Waals surface area contributed by atoms with Gasteiger partial charge in [-0.3, -0.25) is 0 Å². The normalized spacial score (nSPS) is 18.4. The molecule has 0 bridgehead atoms. The third-order valence-corrected chi connectivity index (χ3v) is 8.01. The van der Waals surface area contributed by atoms with Crippen molar-refractivity contribution in [2.24, 2.45) is 5.16 Å². The number of ether oxygens (including phenoxy) is 1. The van der Waals surface area contributed by atoms with Gasteiger partial charge < -0.3 is 9.57 Å². The highest BCUT2D eigenvalue weighted by atomic mass is 32.1. The number of thiazole rings is 1. The van der Waals surface area contributed by atoms with Gasteiger partial charge in [-0.05, 0) is 43.0 Å². The van der Waals surface area contributed by atoms with Crippen LogP contribution in [0.1, 0.15) is 67.3 Å². The number of aromatic nitrogens is 3. The fraction of sp³-hybridized carbons (Fsp3) is 0.407. The maximum atomic E-state index is 13.7. The number of hydrogen-bond donors (Lipinski definition) is 0. The van der Waals surface area contributed by atoms with E-state index >= 15 is 0 Å². The van der Waals surface area contributed by atoms with Crippen molar-refractivity contribution in [2.75, 3.05) is 19.7 Å². The lowest BCUT2D eigenvalue weighted by Crippen LogP contribution is -2.58. The molecule has 0 radical (unpaired) electrons. The van der Waals surface area contributed by atoms with Gasteiger partial charge in [-0.25, -0.2) is 31.5 Å². The number of amides is 1. The summed E-state index contributed by atoms with van der Waals surface area (Å²) >= 11 is 1.28. The van der Waals surface area contributed by atoms with E-state index in [1.54, 1.807) is 17.5 Å². The first-order chi connectivity index (χ1) is 19.3. The Bertz CT molecular complexity index is 1420. The molecule has 0 spiro atoms. The Morgan fingerprint density at radius 1 is 1.18 bits per heavy atom. The van der Waals surface area contributed by atoms with E-state index in [2.05, 4.69) is 16.2 Å². The van der Waals surface area contributed by atoms with Crippen molar-refractivity contribution in [1.82, 2.24) is 19.2 Å². The fourth-order valence-corrected chi connectivity index (χ4v) is 5.97. The summed E-state index contributed by atoms with van der Waals surface area (Å²) in [5, 5.41) is 10.1. The van der Waals surface area contributed by atoms with Crippen LogP contribution < -0.4 is 9.22 Å². The smallest absolute Gasteiger partial charge is 0.342 e. The second kappa shape index (κ2) is 11.8. The van der Waals surface area contributed by atoms with Gasteiger partial charge in [0, 0.05) is 11.8 Å². The molecular weight excluding hydrogens is 550 g/mol. The van der Waals surface area contributed by atoms with Crippen molar-refractivity contribution in [3.05, 3.63) is 58.4 Å². The number of hydrogen-bond acceptors (Lipinski definition) is 7. The van der Waals surface area contributed by atoms with Crippen LogP contribution in [0.25, 0.3) is 0 Å². The molecule has 1 fully saturated rings. The van der Waals surface area contributed by atoms with Gasteiger partial charge in [-0.15, -0.1) is 6.42 Å². The van der Waals surface area contributed by atoms with E-state index in [-0.39, 0.29) is 17.2 Å². The van der Waals surface area contributed by atoms with Crippen LogP contribution in [-0.2, 0) is 16.2 Å². The standard InChI is InChI=1S/C27H26F4N5O3S/c1-2-12-38-18-8-6-17(7-9-18)23-14-19(34-39-23)21-16-40-27(32-21)36(10-4-3-5-11-36)24(37)15-35-22(26(30)31)13-20(33-35)25(28)29/h1,6-9,13,16,23,25-26H,3-5,10-12,14-15H2/q+1. The first-order valence-corrected chi connectivity index (χ1v) is 13.6. The Hall–Kier alpha value is -3.76. The molecule has 5 rings (SSSR count). The Labute approximate surface area is 231 Å². The van der Waals surface area contributed by atoms with Crippen LogP contribution in [0.2, 0.25) is 0 Å². The van der Waals surface area contributed by atoms with Gasteiger partial charge in [-0.1, -0.05) is 34.5 Å². The van der Waals surface area contributed by atoms with Crippen LogP contribution in [0.5, 0.6) is 5.75 Å². The molecule has 2 aromatic heterocycles. The number of halogens is 4. The SMILES string of the molecule is C#CCOc1ccc(C2CC(c3csc([N+]4(C(=O)Cn5nc(C(F)F)cc5C(F)F)CCCCC4)n3)=NO2)cc1. The minimum atomic E-state index is -3.05. The molecule has 210 valence electrons. The van der Waals surface area contributed by atoms with E-state index in [9.17, 15) is 22.4 Å². The Kier molecular flexibility index (Phi) is 8.18. The number of carbonyl (C=O) groups excluding carboxylic acids is 1. The highest BCUT2D eigenvalue weighted by molar-refractivity contribution is 7.13. The second-order valence-electron chi connectivity index (χ2n) is 9.54. The zero-order valence-corrected chi connectivity index (χ0v) is 22.1. The first-order valence-electron chi connectivity index (χ1n) is 12.7. The Morgan fingerprint density at radius 2 is 1.93 bits per heavy atom. The minimum Gasteiger partial charge on any atom is -0.481 e. The van der Waals surface area contributed by atoms with Crippen LogP contribution in [0.4, 0.5) is 22.7 Å². The monoisotopic (exact) mass is 576 g/mol. The van der Waals surface area contributed by atoms with E-state index in [1.807, 2.05) is 12.1 Å². The molecule has 4 heterocycles. The highest BCUT2D eigenvalue weighted by Gasteiger charge is 2.44. The van der Waals surface area contributed by atoms with Crippen LogP contribution in [0.15, 0.2) is 40.9 Å². The predicted molar refractivity (Wildman–Crippen MR) is 140 cm³/mol. The number of nitrogens with zero attached hydrogens (tertiary/aromatic N) is 5. The van der Waals surface area contributed by atoms with Gasteiger partial charge >= 0.3 is 5.91 Å². The lowest BCUT2D eigenvalue weighted by molar-refractivity contribution is -0.132. The number of piperidine rings is 1. The molecule has 1 aromatic carbocycles. The number of quaternary nitrogens is 1. The van der Waals surface area contributed by atoms with Crippen molar-refractivity contribution in [3.8, 4) is 18.1 Å². The summed E-state index contributed by atoms with van der Waals surface area (Å²) in [6.07, 6.45) is 1.68. The molecule has 3 aromatic rings. The molecule has 2 aliphatic rings. The number of carbonyl (C=O) groups is 1. The van der Waals surface area contributed by atoms with E-state index in [0.717, 1.165) is 24.8 Å². The molecule has 0 N–H and O–H groups in total. The molecule has 2 aliphatic heterocycles. The van der Waals surface area contributed by atoms with Crippen molar-refractivity contribution >= 4 is 28.1 Å². The number of benzene rings is 1. The van der Waals surface area contributed by atoms with Crippen LogP contribution >= 0.6 is 11.3 Å². The van der Waals surface area contributed by atoms with Crippen molar-refractivity contribution < 1.29 is 31.9 Å². The van der Waals surface area contributed by atoms with Gasteiger partial charge in [0.15, 0.2) is 12.6 Å². The third-order valence-electron chi connectivity index (χ3n) is 7.02. The first kappa shape index (κ1) is 27.8. The number of alkyl halides is 4. The van der Waals surface area contributed by atoms with E-state index < -0.39 is 36.7 Å². The minimum absolute atomic E-state index is 0.159. The molecule has 1 amide bonds. The maximum absolute atomic E-state index is 13.7. The van der Waals surface area contributed by atoms with Crippen molar-refractivity contribution in [3.63, 3.8) is 0 Å². The van der Waals surface area contributed by atoms with E-state index in [0.29, 0.717) is 52.5 Å². The summed E-state index contributed by atoms with van der Waals surface area (Å²) in [6.45, 7) is 0.471. The predicted octanol–water partition coefficient (Wildman–Crippen LogP) is 5.81. The largest absolute Gasteiger partial charge is 0.481 e.